The fourth-order valence-electron chi connectivity index (χ4n) is 2.86. The van der Waals surface area contributed by atoms with E-state index in [-0.39, 0.29) is 11.6 Å². The number of fused-ring (bicyclic) bond motifs is 1. The van der Waals surface area contributed by atoms with Crippen LogP contribution in [0.4, 0.5) is 0 Å². The van der Waals surface area contributed by atoms with Crippen molar-refractivity contribution in [3.8, 4) is 0 Å². The smallest absolute Gasteiger partial charge is 0.352 e. The number of carbonyl (C=O) groups is 2. The van der Waals surface area contributed by atoms with Crippen LogP contribution in [0.25, 0.3) is 0 Å². The maximum Gasteiger partial charge on any atom is 0.352 e. The van der Waals surface area contributed by atoms with Gasteiger partial charge in [-0.05, 0) is 42.8 Å². The van der Waals surface area contributed by atoms with Gasteiger partial charge in [-0.25, -0.2) is 4.79 Å². The van der Waals surface area contributed by atoms with Crippen LogP contribution in [-0.4, -0.2) is 33.4 Å². The first-order valence-corrected chi connectivity index (χ1v) is 7.64. The molecule has 1 aliphatic rings. The van der Waals surface area contributed by atoms with Gasteiger partial charge in [0.2, 0.25) is 0 Å². The van der Waals surface area contributed by atoms with Crippen LogP contribution in [-0.2, 0) is 13.0 Å². The van der Waals surface area contributed by atoms with E-state index in [0.29, 0.717) is 29.9 Å². The number of carbonyl (C=O) groups excluding carboxylic acids is 1. The summed E-state index contributed by atoms with van der Waals surface area (Å²) >= 11 is 1.73. The molecule has 3 heterocycles. The molecule has 2 aromatic heterocycles. The highest BCUT2D eigenvalue weighted by Crippen LogP contribution is 2.27. The van der Waals surface area contributed by atoms with E-state index < -0.39 is 5.97 Å². The summed E-state index contributed by atoms with van der Waals surface area (Å²) < 4.78 is 0. The Morgan fingerprint density at radius 1 is 1.38 bits per heavy atom. The van der Waals surface area contributed by atoms with Gasteiger partial charge in [0, 0.05) is 23.7 Å². The molecule has 0 spiro atoms. The van der Waals surface area contributed by atoms with E-state index in [1.165, 1.54) is 10.4 Å². The van der Waals surface area contributed by atoms with Gasteiger partial charge in [-0.2, -0.15) is 0 Å². The third kappa shape index (κ3) is 2.25. The minimum absolute atomic E-state index is 0.0920. The van der Waals surface area contributed by atoms with Gasteiger partial charge in [0.1, 0.15) is 5.69 Å². The molecule has 0 aliphatic carbocycles. The molecule has 0 radical (unpaired) electrons. The number of aromatic amines is 1. The molecule has 0 fully saturated rings. The molecule has 0 atom stereocenters. The summed E-state index contributed by atoms with van der Waals surface area (Å²) in [6.07, 6.45) is 0.868. The Labute approximate surface area is 126 Å². The number of carboxylic acid groups (broad SMARTS) is 1. The van der Waals surface area contributed by atoms with Gasteiger partial charge in [0.15, 0.2) is 0 Å². The number of aromatic carboxylic acids is 1. The summed E-state index contributed by atoms with van der Waals surface area (Å²) in [4.78, 5) is 29.8. The highest BCUT2D eigenvalue weighted by molar-refractivity contribution is 7.10. The largest absolute Gasteiger partial charge is 0.477 e. The van der Waals surface area contributed by atoms with E-state index >= 15 is 0 Å². The fourth-order valence-corrected chi connectivity index (χ4v) is 3.75. The Bertz CT molecular complexity index is 729. The third-order valence-corrected chi connectivity index (χ3v) is 4.98. The summed E-state index contributed by atoms with van der Waals surface area (Å²) in [6.45, 7) is 4.70. The zero-order valence-corrected chi connectivity index (χ0v) is 12.7. The first-order chi connectivity index (χ1) is 9.99. The summed E-state index contributed by atoms with van der Waals surface area (Å²) in [5, 5.41) is 11.2. The maximum absolute atomic E-state index is 12.7. The van der Waals surface area contributed by atoms with Crippen LogP contribution in [0.15, 0.2) is 11.4 Å². The van der Waals surface area contributed by atoms with Crippen molar-refractivity contribution in [2.45, 2.75) is 26.8 Å². The van der Waals surface area contributed by atoms with Crippen molar-refractivity contribution in [1.82, 2.24) is 9.88 Å². The highest BCUT2D eigenvalue weighted by Gasteiger charge is 2.28. The molecule has 110 valence electrons. The first-order valence-electron chi connectivity index (χ1n) is 6.76. The predicted molar refractivity (Wildman–Crippen MR) is 80.0 cm³/mol. The lowest BCUT2D eigenvalue weighted by Gasteiger charge is -2.27. The second kappa shape index (κ2) is 5.04. The third-order valence-electron chi connectivity index (χ3n) is 3.96. The SMILES string of the molecule is Cc1[nH]c(C(=O)O)c(C)c1C(=O)N1CCc2sccc2C1. The molecule has 0 bridgehead atoms. The van der Waals surface area contributed by atoms with Crippen molar-refractivity contribution >= 4 is 23.2 Å². The number of aromatic nitrogens is 1. The number of hydrogen-bond donors (Lipinski definition) is 2. The van der Waals surface area contributed by atoms with Crippen molar-refractivity contribution in [2.24, 2.45) is 0 Å². The predicted octanol–water partition coefficient (Wildman–Crippen LogP) is 2.59. The van der Waals surface area contributed by atoms with Crippen LogP contribution in [0.5, 0.6) is 0 Å². The van der Waals surface area contributed by atoms with Gasteiger partial charge in [0.05, 0.1) is 5.56 Å². The van der Waals surface area contributed by atoms with Crippen LogP contribution in [0.3, 0.4) is 0 Å². The molecule has 3 rings (SSSR count). The van der Waals surface area contributed by atoms with E-state index in [0.717, 1.165) is 6.42 Å². The monoisotopic (exact) mass is 304 g/mol. The number of carboxylic acids is 1. The molecular formula is C15H16N2O3S. The van der Waals surface area contributed by atoms with Crippen LogP contribution in [0.1, 0.15) is 42.5 Å². The zero-order valence-electron chi connectivity index (χ0n) is 11.9. The van der Waals surface area contributed by atoms with Crippen molar-refractivity contribution < 1.29 is 14.7 Å². The number of nitrogens with one attached hydrogen (secondary N) is 1. The topological polar surface area (TPSA) is 73.4 Å². The molecule has 1 amide bonds. The van der Waals surface area contributed by atoms with Gasteiger partial charge in [-0.3, -0.25) is 4.79 Å². The average molecular weight is 304 g/mol. The average Bonchev–Trinajstić information content (AvgIpc) is 3.01. The number of rotatable bonds is 2. The Kier molecular flexibility index (Phi) is 3.33. The van der Waals surface area contributed by atoms with E-state index in [1.54, 1.807) is 30.1 Å². The van der Waals surface area contributed by atoms with Crippen LogP contribution in [0.2, 0.25) is 0 Å². The number of amides is 1. The number of hydrogen-bond acceptors (Lipinski definition) is 3. The van der Waals surface area contributed by atoms with Crippen molar-refractivity contribution in [3.05, 3.63) is 44.4 Å². The van der Waals surface area contributed by atoms with E-state index in [9.17, 15) is 9.59 Å². The first kappa shape index (κ1) is 13.9. The Morgan fingerprint density at radius 3 is 2.81 bits per heavy atom. The lowest BCUT2D eigenvalue weighted by atomic mass is 10.1. The summed E-state index contributed by atoms with van der Waals surface area (Å²) in [7, 11) is 0. The Morgan fingerprint density at radius 2 is 2.14 bits per heavy atom. The van der Waals surface area contributed by atoms with Gasteiger partial charge >= 0.3 is 5.97 Å². The van der Waals surface area contributed by atoms with Gasteiger partial charge < -0.3 is 15.0 Å². The lowest BCUT2D eigenvalue weighted by molar-refractivity contribution is 0.0690. The molecular weight excluding hydrogens is 288 g/mol. The van der Waals surface area contributed by atoms with Gasteiger partial charge in [0.25, 0.3) is 5.91 Å². The van der Waals surface area contributed by atoms with Gasteiger partial charge in [-0.15, -0.1) is 11.3 Å². The van der Waals surface area contributed by atoms with Gasteiger partial charge in [-0.1, -0.05) is 0 Å². The molecule has 2 N–H and O–H groups in total. The number of thiophene rings is 1. The second-order valence-corrected chi connectivity index (χ2v) is 6.28. The molecule has 0 unspecified atom stereocenters. The van der Waals surface area contributed by atoms with Crippen molar-refractivity contribution in [1.29, 1.82) is 0 Å². The minimum atomic E-state index is -1.03. The summed E-state index contributed by atoms with van der Waals surface area (Å²) in [6, 6.07) is 2.05. The molecule has 0 saturated carbocycles. The van der Waals surface area contributed by atoms with Crippen molar-refractivity contribution in [2.75, 3.05) is 6.54 Å². The molecule has 1 aliphatic heterocycles. The Hall–Kier alpha value is -2.08. The van der Waals surface area contributed by atoms with E-state index in [1.807, 2.05) is 5.38 Å². The van der Waals surface area contributed by atoms with E-state index in [2.05, 4.69) is 11.1 Å². The molecule has 6 heteroatoms. The lowest BCUT2D eigenvalue weighted by Crippen LogP contribution is -2.35. The molecule has 0 aromatic carbocycles. The second-order valence-electron chi connectivity index (χ2n) is 5.28. The fraction of sp³-hybridized carbons (Fsp3) is 0.333. The standard InChI is InChI=1S/C15H16N2O3S/c1-8-12(9(2)16-13(8)15(19)20)14(18)17-5-3-11-10(7-17)4-6-21-11/h4,6,16H,3,5,7H2,1-2H3,(H,19,20). The molecule has 21 heavy (non-hydrogen) atoms. The minimum Gasteiger partial charge on any atom is -0.477 e. The molecule has 5 nitrogen and oxygen atoms in total. The van der Waals surface area contributed by atoms with Crippen molar-refractivity contribution in [3.63, 3.8) is 0 Å². The Balaban J connectivity index is 1.92. The van der Waals surface area contributed by atoms with Crippen LogP contribution < -0.4 is 0 Å². The van der Waals surface area contributed by atoms with Crippen LogP contribution >= 0.6 is 11.3 Å². The number of H-pyrrole nitrogens is 1. The summed E-state index contributed by atoms with van der Waals surface area (Å²) in [5.41, 5.74) is 2.92. The van der Waals surface area contributed by atoms with E-state index in [4.69, 9.17) is 5.11 Å². The quantitative estimate of drug-likeness (QED) is 0.895. The summed E-state index contributed by atoms with van der Waals surface area (Å²) in [5.74, 6) is -1.13. The number of aryl methyl sites for hydroxylation is 1. The zero-order chi connectivity index (χ0) is 15.1. The molecule has 2 aromatic rings. The highest BCUT2D eigenvalue weighted by atomic mass is 32.1. The normalized spacial score (nSPS) is 14.1. The molecule has 0 saturated heterocycles. The maximum atomic E-state index is 12.7. The van der Waals surface area contributed by atoms with Crippen LogP contribution in [0, 0.1) is 13.8 Å². The number of nitrogens with zero attached hydrogens (tertiary/aromatic N) is 1.